The monoisotopic (exact) mass is 383 g/mol. The number of rotatable bonds is 4. The van der Waals surface area contributed by atoms with Gasteiger partial charge in [0, 0.05) is 55.6 Å². The fraction of sp³-hybridized carbons (Fsp3) is 0.600. The summed E-state index contributed by atoms with van der Waals surface area (Å²) in [6.45, 7) is 9.45. The van der Waals surface area contributed by atoms with Gasteiger partial charge in [0.05, 0.1) is 5.69 Å². The van der Waals surface area contributed by atoms with Crippen molar-refractivity contribution in [1.29, 1.82) is 5.41 Å². The van der Waals surface area contributed by atoms with E-state index in [1.54, 1.807) is 0 Å². The van der Waals surface area contributed by atoms with Crippen molar-refractivity contribution in [1.82, 2.24) is 25.1 Å². The molecule has 2 aromatic heterocycles. The number of amidine groups is 1. The molecular formula is C20H29N7O. The lowest BCUT2D eigenvalue weighted by atomic mass is 9.94. The lowest BCUT2D eigenvalue weighted by molar-refractivity contribution is 0.0845. The summed E-state index contributed by atoms with van der Waals surface area (Å²) in [7, 11) is 0. The van der Waals surface area contributed by atoms with E-state index in [2.05, 4.69) is 38.9 Å². The van der Waals surface area contributed by atoms with E-state index in [9.17, 15) is 0 Å². The van der Waals surface area contributed by atoms with E-state index in [0.29, 0.717) is 11.8 Å². The number of aromatic amines is 2. The Morgan fingerprint density at radius 3 is 2.86 bits per heavy atom. The summed E-state index contributed by atoms with van der Waals surface area (Å²) in [6, 6.07) is 0. The molecule has 2 aliphatic rings. The first-order valence-corrected chi connectivity index (χ1v) is 10.1. The van der Waals surface area contributed by atoms with Crippen molar-refractivity contribution >= 4 is 12.2 Å². The SMILES string of the molecule is Cc1nc(C(=NC=N)N2CCc3[nH]nc(C(C)C)c3C2)c(C2CCOCC2)[nH]1. The second kappa shape index (κ2) is 7.87. The van der Waals surface area contributed by atoms with Gasteiger partial charge in [-0.25, -0.2) is 9.98 Å². The van der Waals surface area contributed by atoms with Gasteiger partial charge in [-0.15, -0.1) is 0 Å². The zero-order chi connectivity index (χ0) is 19.7. The van der Waals surface area contributed by atoms with E-state index in [1.807, 2.05) is 6.92 Å². The summed E-state index contributed by atoms with van der Waals surface area (Å²) >= 11 is 0. The highest BCUT2D eigenvalue weighted by molar-refractivity contribution is 6.01. The molecule has 0 bridgehead atoms. The van der Waals surface area contributed by atoms with Crippen LogP contribution < -0.4 is 0 Å². The van der Waals surface area contributed by atoms with Crippen LogP contribution in [0.4, 0.5) is 0 Å². The van der Waals surface area contributed by atoms with Gasteiger partial charge in [-0.05, 0) is 25.7 Å². The van der Waals surface area contributed by atoms with Crippen molar-refractivity contribution in [3.8, 4) is 0 Å². The van der Waals surface area contributed by atoms with Crippen LogP contribution in [0.3, 0.4) is 0 Å². The predicted octanol–water partition coefficient (Wildman–Crippen LogP) is 2.87. The number of fused-ring (bicyclic) bond motifs is 1. The van der Waals surface area contributed by atoms with Gasteiger partial charge in [0.15, 0.2) is 5.84 Å². The summed E-state index contributed by atoms with van der Waals surface area (Å²) in [5.74, 6) is 2.43. The Kier molecular flexibility index (Phi) is 5.30. The average molecular weight is 384 g/mol. The molecule has 150 valence electrons. The van der Waals surface area contributed by atoms with E-state index in [0.717, 1.165) is 80.6 Å². The number of nitrogens with one attached hydrogen (secondary N) is 3. The molecule has 1 saturated heterocycles. The number of nitrogens with zero attached hydrogens (tertiary/aromatic N) is 4. The molecule has 2 aliphatic heterocycles. The zero-order valence-electron chi connectivity index (χ0n) is 16.9. The second-order valence-electron chi connectivity index (χ2n) is 7.95. The molecule has 8 heteroatoms. The number of hydrogen-bond donors (Lipinski definition) is 3. The van der Waals surface area contributed by atoms with Gasteiger partial charge in [-0.3, -0.25) is 10.5 Å². The maximum absolute atomic E-state index is 7.63. The summed E-state index contributed by atoms with van der Waals surface area (Å²) in [5.41, 5.74) is 5.61. The predicted molar refractivity (Wildman–Crippen MR) is 108 cm³/mol. The Labute approximate surface area is 165 Å². The Hall–Kier alpha value is -2.48. The second-order valence-corrected chi connectivity index (χ2v) is 7.95. The molecular weight excluding hydrogens is 354 g/mol. The molecule has 0 aliphatic carbocycles. The van der Waals surface area contributed by atoms with E-state index in [4.69, 9.17) is 15.1 Å². The Morgan fingerprint density at radius 2 is 2.14 bits per heavy atom. The van der Waals surface area contributed by atoms with Crippen molar-refractivity contribution in [3.05, 3.63) is 34.2 Å². The quantitative estimate of drug-likeness (QED) is 0.557. The largest absolute Gasteiger partial charge is 0.381 e. The van der Waals surface area contributed by atoms with Crippen molar-refractivity contribution in [2.75, 3.05) is 19.8 Å². The molecule has 4 heterocycles. The Balaban J connectivity index is 1.68. The minimum absolute atomic E-state index is 0.369. The van der Waals surface area contributed by atoms with E-state index < -0.39 is 0 Å². The number of H-pyrrole nitrogens is 2. The lowest BCUT2D eigenvalue weighted by Gasteiger charge is -2.31. The maximum Gasteiger partial charge on any atom is 0.158 e. The van der Waals surface area contributed by atoms with Crippen molar-refractivity contribution < 1.29 is 4.74 Å². The summed E-state index contributed by atoms with van der Waals surface area (Å²) < 4.78 is 5.54. The van der Waals surface area contributed by atoms with Crippen LogP contribution in [0, 0.1) is 12.3 Å². The lowest BCUT2D eigenvalue weighted by Crippen LogP contribution is -2.38. The summed E-state index contributed by atoms with van der Waals surface area (Å²) in [5, 5.41) is 15.4. The van der Waals surface area contributed by atoms with Gasteiger partial charge < -0.3 is 14.6 Å². The molecule has 4 rings (SSSR count). The maximum atomic E-state index is 7.63. The molecule has 0 aromatic carbocycles. The van der Waals surface area contributed by atoms with E-state index >= 15 is 0 Å². The average Bonchev–Trinajstić information content (AvgIpc) is 3.30. The fourth-order valence-electron chi connectivity index (χ4n) is 4.29. The topological polar surface area (TPSA) is 106 Å². The van der Waals surface area contributed by atoms with Gasteiger partial charge in [0.1, 0.15) is 17.9 Å². The zero-order valence-corrected chi connectivity index (χ0v) is 16.9. The summed E-state index contributed by atoms with van der Waals surface area (Å²) in [6.07, 6.45) is 3.98. The van der Waals surface area contributed by atoms with Crippen LogP contribution in [0.1, 0.15) is 72.7 Å². The summed E-state index contributed by atoms with van der Waals surface area (Å²) in [4.78, 5) is 15.0. The van der Waals surface area contributed by atoms with Crippen LogP contribution in [0.5, 0.6) is 0 Å². The smallest absolute Gasteiger partial charge is 0.158 e. The molecule has 0 spiro atoms. The van der Waals surface area contributed by atoms with Crippen LogP contribution >= 0.6 is 0 Å². The molecule has 0 saturated carbocycles. The first-order chi connectivity index (χ1) is 13.6. The molecule has 0 radical (unpaired) electrons. The van der Waals surface area contributed by atoms with Crippen LogP contribution in [-0.4, -0.2) is 57.0 Å². The van der Waals surface area contributed by atoms with Crippen LogP contribution in [0.2, 0.25) is 0 Å². The Morgan fingerprint density at radius 1 is 1.36 bits per heavy atom. The molecule has 0 unspecified atom stereocenters. The first-order valence-electron chi connectivity index (χ1n) is 10.1. The number of aromatic nitrogens is 4. The fourth-order valence-corrected chi connectivity index (χ4v) is 4.29. The van der Waals surface area contributed by atoms with Gasteiger partial charge in [-0.1, -0.05) is 13.8 Å². The van der Waals surface area contributed by atoms with Gasteiger partial charge in [0.25, 0.3) is 0 Å². The Bertz CT molecular complexity index is 873. The number of hydrogen-bond acceptors (Lipinski definition) is 4. The molecule has 28 heavy (non-hydrogen) atoms. The minimum atomic E-state index is 0.369. The van der Waals surface area contributed by atoms with Crippen LogP contribution in [0.25, 0.3) is 0 Å². The van der Waals surface area contributed by atoms with Gasteiger partial charge >= 0.3 is 0 Å². The van der Waals surface area contributed by atoms with E-state index in [1.165, 1.54) is 11.3 Å². The molecule has 8 nitrogen and oxygen atoms in total. The highest BCUT2D eigenvalue weighted by Gasteiger charge is 2.30. The highest BCUT2D eigenvalue weighted by atomic mass is 16.5. The van der Waals surface area contributed by atoms with Gasteiger partial charge in [-0.2, -0.15) is 5.10 Å². The number of aryl methyl sites for hydroxylation is 1. The molecule has 2 aromatic rings. The van der Waals surface area contributed by atoms with Gasteiger partial charge in [0.2, 0.25) is 0 Å². The molecule has 0 atom stereocenters. The normalized spacial score (nSPS) is 18.6. The molecule has 3 N–H and O–H groups in total. The van der Waals surface area contributed by atoms with E-state index in [-0.39, 0.29) is 0 Å². The first kappa shape index (κ1) is 18.9. The third-order valence-electron chi connectivity index (χ3n) is 5.69. The van der Waals surface area contributed by atoms with Crippen molar-refractivity contribution in [2.24, 2.45) is 4.99 Å². The number of imidazole rings is 1. The van der Waals surface area contributed by atoms with Crippen molar-refractivity contribution in [2.45, 2.75) is 58.4 Å². The van der Waals surface area contributed by atoms with Crippen LogP contribution in [0.15, 0.2) is 4.99 Å². The third kappa shape index (κ3) is 3.48. The standard InChI is InChI=1S/C20H29N7O/c1-12(2)17-15-10-27(7-4-16(15)25-26-17)20(22-11-21)19-18(23-13(3)24-19)14-5-8-28-9-6-14/h11-12,14,21H,4-10H2,1-3H3,(H,23,24)(H,25,26). The highest BCUT2D eigenvalue weighted by Crippen LogP contribution is 2.31. The number of aliphatic imine (C=N–C) groups is 1. The minimum Gasteiger partial charge on any atom is -0.381 e. The number of ether oxygens (including phenoxy) is 1. The van der Waals surface area contributed by atoms with Crippen molar-refractivity contribution in [3.63, 3.8) is 0 Å². The third-order valence-corrected chi connectivity index (χ3v) is 5.69. The molecule has 1 fully saturated rings. The van der Waals surface area contributed by atoms with Crippen LogP contribution in [-0.2, 0) is 17.7 Å². The molecule has 0 amide bonds.